The molecule has 0 aliphatic rings. The third kappa shape index (κ3) is 1.65. The van der Waals surface area contributed by atoms with Gasteiger partial charge in [-0.2, -0.15) is 0 Å². The Morgan fingerprint density at radius 2 is 1.73 bits per heavy atom. The number of rotatable bonds is 3. The maximum atomic E-state index is 9.08. The second-order valence-corrected chi connectivity index (χ2v) is 2.28. The monoisotopic (exact) mass is 157 g/mol. The highest BCUT2D eigenvalue weighted by Gasteiger charge is 2.03. The van der Waals surface area contributed by atoms with E-state index in [1.54, 1.807) is 0 Å². The van der Waals surface area contributed by atoms with Crippen LogP contribution >= 0.6 is 0 Å². The van der Waals surface area contributed by atoms with Gasteiger partial charge in [-0.15, -0.1) is 0 Å². The minimum atomic E-state index is 0.0240. The Morgan fingerprint density at radius 1 is 1.18 bits per heavy atom. The van der Waals surface area contributed by atoms with Crippen molar-refractivity contribution in [3.8, 4) is 11.8 Å². The predicted molar refractivity (Wildman–Crippen MR) is 39.5 cm³/mol. The summed E-state index contributed by atoms with van der Waals surface area (Å²) in [6, 6.07) is 2.82. The predicted octanol–water partition coefficient (Wildman–Crippen LogP) is 0.282. The highest BCUT2D eigenvalue weighted by Crippen LogP contribution is 2.20. The topological polar surface area (TPSA) is 65.6 Å². The quantitative estimate of drug-likeness (QED) is 0.590. The summed E-state index contributed by atoms with van der Waals surface area (Å²) >= 11 is 0. The fourth-order valence-electron chi connectivity index (χ4n) is 0.904. The molecule has 0 atom stereocenters. The van der Waals surface area contributed by atoms with Gasteiger partial charge >= 0.3 is 0 Å². The lowest BCUT2D eigenvalue weighted by Crippen LogP contribution is -1.98. The van der Waals surface area contributed by atoms with Crippen molar-refractivity contribution >= 4 is 0 Å². The molecule has 1 rings (SSSR count). The normalized spacial score (nSPS) is 10.3. The molecule has 0 radical (unpaired) electrons. The minimum Gasteiger partial charge on any atom is -0.494 e. The number of hydrogen-bond acceptors (Lipinski definition) is 3. The van der Waals surface area contributed by atoms with Gasteiger partial charge < -0.3 is 15.3 Å². The molecule has 0 saturated carbocycles. The minimum absolute atomic E-state index is 0.0240. The molecular formula is C7H11NO3. The first-order valence-corrected chi connectivity index (χ1v) is 3.44. The Bertz CT molecular complexity index is 212. The van der Waals surface area contributed by atoms with Crippen LogP contribution in [0.15, 0.2) is 12.1 Å². The van der Waals surface area contributed by atoms with Gasteiger partial charge in [0.15, 0.2) is 11.8 Å². The van der Waals surface area contributed by atoms with Gasteiger partial charge in [0.25, 0.3) is 0 Å². The Morgan fingerprint density at radius 3 is 2.18 bits per heavy atom. The van der Waals surface area contributed by atoms with Gasteiger partial charge in [-0.1, -0.05) is 0 Å². The molecule has 0 aliphatic carbocycles. The first kappa shape index (κ1) is 7.94. The second-order valence-electron chi connectivity index (χ2n) is 2.28. The van der Waals surface area contributed by atoms with E-state index in [1.165, 1.54) is 16.7 Å². The zero-order valence-electron chi connectivity index (χ0n) is 6.06. The molecule has 0 aromatic carbocycles. The summed E-state index contributed by atoms with van der Waals surface area (Å²) in [6.45, 7) is 0.484. The molecule has 11 heavy (non-hydrogen) atoms. The average Bonchev–Trinajstić information content (AvgIpc) is 2.29. The van der Waals surface area contributed by atoms with Crippen molar-refractivity contribution in [2.24, 2.45) is 0 Å². The van der Waals surface area contributed by atoms with Crippen LogP contribution in [0.25, 0.3) is 0 Å². The van der Waals surface area contributed by atoms with E-state index < -0.39 is 0 Å². The lowest BCUT2D eigenvalue weighted by Gasteiger charge is -2.03. The molecule has 0 bridgehead atoms. The third-order valence-corrected chi connectivity index (χ3v) is 1.47. The molecule has 1 aromatic heterocycles. The third-order valence-electron chi connectivity index (χ3n) is 1.47. The van der Waals surface area contributed by atoms with Crippen LogP contribution in [0.5, 0.6) is 11.8 Å². The van der Waals surface area contributed by atoms with Gasteiger partial charge in [-0.05, 0) is 6.42 Å². The Balaban J connectivity index is 2.67. The van der Waals surface area contributed by atoms with E-state index in [4.69, 9.17) is 15.3 Å². The van der Waals surface area contributed by atoms with Crippen molar-refractivity contribution < 1.29 is 15.3 Å². The SMILES string of the molecule is OCCCn1c(O)ccc1O. The average molecular weight is 157 g/mol. The molecule has 1 aromatic rings. The molecule has 0 aliphatic heterocycles. The number of aliphatic hydroxyl groups is 1. The Kier molecular flexibility index (Phi) is 2.38. The first-order valence-electron chi connectivity index (χ1n) is 3.44. The molecular weight excluding hydrogens is 146 g/mol. The zero-order valence-corrected chi connectivity index (χ0v) is 6.06. The maximum absolute atomic E-state index is 9.08. The van der Waals surface area contributed by atoms with Crippen LogP contribution in [0, 0.1) is 0 Å². The number of hydrogen-bond donors (Lipinski definition) is 3. The van der Waals surface area contributed by atoms with Crippen LogP contribution in [-0.4, -0.2) is 26.5 Å². The van der Waals surface area contributed by atoms with Gasteiger partial charge in [0.1, 0.15) is 0 Å². The lowest BCUT2D eigenvalue weighted by molar-refractivity contribution is 0.270. The standard InChI is InChI=1S/C7H11NO3/c9-5-1-4-8-6(10)2-3-7(8)11/h2-3,9-11H,1,4-5H2. The second kappa shape index (κ2) is 3.30. The maximum Gasteiger partial charge on any atom is 0.193 e. The summed E-state index contributed by atoms with van der Waals surface area (Å²) < 4.78 is 1.33. The van der Waals surface area contributed by atoms with E-state index in [9.17, 15) is 0 Å². The van der Waals surface area contributed by atoms with E-state index >= 15 is 0 Å². The molecule has 62 valence electrons. The molecule has 1 heterocycles. The molecule has 3 N–H and O–H groups in total. The Hall–Kier alpha value is -1.16. The van der Waals surface area contributed by atoms with Gasteiger partial charge in [-0.25, -0.2) is 0 Å². The zero-order chi connectivity index (χ0) is 8.27. The van der Waals surface area contributed by atoms with E-state index in [-0.39, 0.29) is 18.4 Å². The lowest BCUT2D eigenvalue weighted by atomic mass is 10.4. The van der Waals surface area contributed by atoms with E-state index in [0.29, 0.717) is 13.0 Å². The van der Waals surface area contributed by atoms with Crippen molar-refractivity contribution in [3.63, 3.8) is 0 Å². The fraction of sp³-hybridized carbons (Fsp3) is 0.429. The molecule has 0 spiro atoms. The van der Waals surface area contributed by atoms with Crippen LogP contribution in [0.3, 0.4) is 0 Å². The summed E-state index contributed by atoms with van der Waals surface area (Å²) in [5.74, 6) is 0.0481. The summed E-state index contributed by atoms with van der Waals surface area (Å²) in [4.78, 5) is 0. The van der Waals surface area contributed by atoms with E-state index in [2.05, 4.69) is 0 Å². The van der Waals surface area contributed by atoms with Crippen LogP contribution in [0.1, 0.15) is 6.42 Å². The summed E-state index contributed by atoms with van der Waals surface area (Å²) in [6.07, 6.45) is 0.524. The highest BCUT2D eigenvalue weighted by molar-refractivity contribution is 5.23. The van der Waals surface area contributed by atoms with E-state index in [0.717, 1.165) is 0 Å². The van der Waals surface area contributed by atoms with Crippen molar-refractivity contribution in [2.45, 2.75) is 13.0 Å². The molecule has 0 fully saturated rings. The molecule has 0 saturated heterocycles. The smallest absolute Gasteiger partial charge is 0.193 e. The largest absolute Gasteiger partial charge is 0.494 e. The summed E-state index contributed by atoms with van der Waals surface area (Å²) in [5.41, 5.74) is 0. The fourth-order valence-corrected chi connectivity index (χ4v) is 0.904. The molecule has 4 nitrogen and oxygen atoms in total. The van der Waals surface area contributed by atoms with Crippen LogP contribution in [0.2, 0.25) is 0 Å². The van der Waals surface area contributed by atoms with Gasteiger partial charge in [0, 0.05) is 25.3 Å². The summed E-state index contributed by atoms with van der Waals surface area (Å²) in [7, 11) is 0. The molecule has 0 unspecified atom stereocenters. The van der Waals surface area contributed by atoms with Crippen LogP contribution < -0.4 is 0 Å². The first-order chi connectivity index (χ1) is 5.25. The van der Waals surface area contributed by atoms with Crippen molar-refractivity contribution in [2.75, 3.05) is 6.61 Å². The van der Waals surface area contributed by atoms with Crippen LogP contribution in [0.4, 0.5) is 0 Å². The Labute approximate surface area is 64.3 Å². The van der Waals surface area contributed by atoms with Crippen molar-refractivity contribution in [1.29, 1.82) is 0 Å². The number of nitrogens with zero attached hydrogens (tertiary/aromatic N) is 1. The number of aromatic nitrogens is 1. The highest BCUT2D eigenvalue weighted by atomic mass is 16.3. The van der Waals surface area contributed by atoms with Gasteiger partial charge in [-0.3, -0.25) is 4.57 Å². The van der Waals surface area contributed by atoms with Crippen LogP contribution in [-0.2, 0) is 6.54 Å². The van der Waals surface area contributed by atoms with Gasteiger partial charge in [0.2, 0.25) is 0 Å². The molecule has 4 heteroatoms. The summed E-state index contributed by atoms with van der Waals surface area (Å²) in [5, 5.41) is 26.6. The number of aromatic hydroxyl groups is 2. The van der Waals surface area contributed by atoms with Crippen molar-refractivity contribution in [3.05, 3.63) is 12.1 Å². The van der Waals surface area contributed by atoms with E-state index in [1.807, 2.05) is 0 Å². The van der Waals surface area contributed by atoms with Crippen molar-refractivity contribution in [1.82, 2.24) is 4.57 Å². The van der Waals surface area contributed by atoms with Gasteiger partial charge in [0.05, 0.1) is 0 Å². The number of aliphatic hydroxyl groups excluding tert-OH is 1. The molecule has 0 amide bonds.